The van der Waals surface area contributed by atoms with Crippen LogP contribution in [0.1, 0.15) is 211 Å². The van der Waals surface area contributed by atoms with Crippen LogP contribution in [0.5, 0.6) is 0 Å². The normalized spacial score (nSPS) is 13.6. The van der Waals surface area contributed by atoms with Crippen LogP contribution in [-0.2, 0) is 43.3 Å². The molecule has 0 aliphatic heterocycles. The molecule has 0 bridgehead atoms. The Balaban J connectivity index is 1.22. The van der Waals surface area contributed by atoms with E-state index < -0.39 is 0 Å². The summed E-state index contributed by atoms with van der Waals surface area (Å²) in [6, 6.07) is 78.6. The van der Waals surface area contributed by atoms with Crippen molar-refractivity contribution in [2.75, 3.05) is 0 Å². The maximum absolute atomic E-state index is 2.48. The average molecular weight is 1480 g/mol. The molecule has 0 fully saturated rings. The van der Waals surface area contributed by atoms with Gasteiger partial charge in [-0.3, -0.25) is 0 Å². The second-order valence-electron chi connectivity index (χ2n) is 39.7. The van der Waals surface area contributed by atoms with Crippen LogP contribution < -0.4 is 0 Å². The van der Waals surface area contributed by atoms with Gasteiger partial charge in [-0.25, -0.2) is 0 Å². The van der Waals surface area contributed by atoms with Crippen molar-refractivity contribution in [1.82, 2.24) is 0 Å². The van der Waals surface area contributed by atoms with E-state index in [2.05, 4.69) is 406 Å². The van der Waals surface area contributed by atoms with Crippen LogP contribution in [0.4, 0.5) is 0 Å². The Bertz CT molecular complexity index is 5120. The van der Waals surface area contributed by atoms with E-state index in [9.17, 15) is 0 Å². The van der Waals surface area contributed by atoms with E-state index in [4.69, 9.17) is 0 Å². The highest BCUT2D eigenvalue weighted by Crippen LogP contribution is 2.67. The maximum atomic E-state index is 2.48. The fourth-order valence-corrected chi connectivity index (χ4v) is 23.1. The van der Waals surface area contributed by atoms with Crippen molar-refractivity contribution in [1.29, 1.82) is 0 Å². The van der Waals surface area contributed by atoms with E-state index in [-0.39, 0.29) is 43.3 Å². The molecule has 4 aromatic heterocycles. The number of hydrogen-bond acceptors (Lipinski definition) is 4. The molecule has 4 heterocycles. The van der Waals surface area contributed by atoms with E-state index in [0.717, 1.165) is 0 Å². The molecule has 17 aromatic rings. The van der Waals surface area contributed by atoms with Crippen molar-refractivity contribution in [2.45, 2.75) is 209 Å². The molecule has 0 amide bonds. The number of thiophene rings is 4. The van der Waals surface area contributed by atoms with Gasteiger partial charge in [-0.1, -0.05) is 360 Å². The Morgan fingerprint density at radius 3 is 0.287 bits per heavy atom. The van der Waals surface area contributed by atoms with Crippen LogP contribution in [0.25, 0.3) is 170 Å². The second-order valence-corrected chi connectivity index (χ2v) is 43.7. The smallest absolute Gasteiger partial charge is 0.0447 e. The van der Waals surface area contributed by atoms with Gasteiger partial charge in [-0.15, -0.1) is 45.3 Å². The first-order valence-corrected chi connectivity index (χ1v) is 42.5. The lowest BCUT2D eigenvalue weighted by molar-refractivity contribution is 0.590. The van der Waals surface area contributed by atoms with Gasteiger partial charge in [0.1, 0.15) is 0 Å². The quantitative estimate of drug-likeness (QED) is 0.142. The van der Waals surface area contributed by atoms with Crippen molar-refractivity contribution >= 4 is 126 Å². The lowest BCUT2D eigenvalue weighted by atomic mass is 9.80. The first-order valence-electron chi connectivity index (χ1n) is 39.2. The Labute approximate surface area is 658 Å². The summed E-state index contributed by atoms with van der Waals surface area (Å²) in [6.07, 6.45) is 0. The van der Waals surface area contributed by atoms with Crippen LogP contribution in [0.3, 0.4) is 0 Å². The molecule has 0 radical (unpaired) electrons. The standard InChI is InChI=1S/C104H104S4/c1-97(2,3)65-41-25-57(26-42-65)73-74(58-27-43-66(44-28-58)98(4,5)6)90-82-81-83-85-87-88-86-84(82)92(106-90)77(61-33-49-69(50-34-61)101(13,14)15)78(62-35-51-70(52-36-62)102(16,17)18)94(86)108-96(88)80(64-39-55-72(56-40-64)104(22,23)24)79(63-37-53-71(54-38-63)103(19,20)21)95(87)107-93(85)76(60-31-47-68(48-32-60)100(10,11)12)75(91(83)105-89(73)81)59-29-45-67(46-30-59)99(7,8)9/h25-56H,1-24H3. The van der Waals surface area contributed by atoms with Crippen LogP contribution in [0.15, 0.2) is 194 Å². The van der Waals surface area contributed by atoms with Gasteiger partial charge in [-0.05, 0) is 132 Å². The molecule has 0 aliphatic carbocycles. The lowest BCUT2D eigenvalue weighted by Gasteiger charge is -2.22. The van der Waals surface area contributed by atoms with E-state index in [1.165, 1.54) is 214 Å². The third-order valence-corrected chi connectivity index (χ3v) is 28.7. The molecular formula is C104H104S4. The summed E-state index contributed by atoms with van der Waals surface area (Å²) < 4.78 is 10.8. The molecule has 4 heteroatoms. The van der Waals surface area contributed by atoms with Crippen LogP contribution >= 0.6 is 45.3 Å². The van der Waals surface area contributed by atoms with Crippen molar-refractivity contribution < 1.29 is 0 Å². The molecule has 0 aliphatic rings. The molecule has 0 nitrogen and oxygen atoms in total. The highest BCUT2D eigenvalue weighted by molar-refractivity contribution is 7.32. The zero-order valence-corrected chi connectivity index (χ0v) is 71.4. The molecule has 17 rings (SSSR count). The third kappa shape index (κ3) is 11.6. The summed E-state index contributed by atoms with van der Waals surface area (Å²) in [5.74, 6) is 0. The van der Waals surface area contributed by atoms with E-state index in [0.29, 0.717) is 0 Å². The minimum absolute atomic E-state index is 0.0432. The summed E-state index contributed by atoms with van der Waals surface area (Å²) in [6.45, 7) is 56.5. The van der Waals surface area contributed by atoms with Gasteiger partial charge in [0.15, 0.2) is 0 Å². The van der Waals surface area contributed by atoms with Gasteiger partial charge < -0.3 is 0 Å². The summed E-state index contributed by atoms with van der Waals surface area (Å²) in [7, 11) is 0. The van der Waals surface area contributed by atoms with Gasteiger partial charge in [0.05, 0.1) is 0 Å². The fourth-order valence-electron chi connectivity index (χ4n) is 17.2. The number of rotatable bonds is 8. The molecule has 108 heavy (non-hydrogen) atoms. The van der Waals surface area contributed by atoms with Gasteiger partial charge >= 0.3 is 0 Å². The number of benzene rings is 12. The lowest BCUT2D eigenvalue weighted by Crippen LogP contribution is -2.10. The van der Waals surface area contributed by atoms with Crippen molar-refractivity contribution in [3.05, 3.63) is 239 Å². The van der Waals surface area contributed by atoms with Crippen molar-refractivity contribution in [3.8, 4) is 89.0 Å². The SMILES string of the molecule is CC(C)(C)c1ccc(-c2c(-c3ccc(C(C)(C)C)cc3)c3sc4c(-c5ccc(C(C)(C)C)cc5)c(-c5ccc(C(C)(C)C)cc5)c5sc6c(-c7ccc(C(C)(C)C)cc7)c(-c7ccc(C(C)(C)C)cc7)c7sc8c(-c9ccc(C(C)(C)C)cc9)c(-c9ccc(C(C)(C)C)cc9)c9sc2c2c9c8c7c6c5c4c32)cc1. The minimum atomic E-state index is -0.0432. The Hall–Kier alpha value is -8.48. The van der Waals surface area contributed by atoms with Crippen LogP contribution in [0.2, 0.25) is 0 Å². The Kier molecular flexibility index (Phi) is 16.4. The zero-order chi connectivity index (χ0) is 76.5. The van der Waals surface area contributed by atoms with Gasteiger partial charge in [-0.2, -0.15) is 0 Å². The minimum Gasteiger partial charge on any atom is -0.134 e. The monoisotopic (exact) mass is 1480 g/mol. The van der Waals surface area contributed by atoms with E-state index in [1.54, 1.807) is 0 Å². The molecule has 0 unspecified atom stereocenters. The summed E-state index contributed by atoms with van der Waals surface area (Å²) in [5, 5.41) is 11.1. The molecule has 0 N–H and O–H groups in total. The summed E-state index contributed by atoms with van der Waals surface area (Å²) in [5.41, 5.74) is 30.8. The first kappa shape index (κ1) is 72.4. The van der Waals surface area contributed by atoms with Crippen LogP contribution in [0, 0.1) is 0 Å². The molecular weight excluding hydrogens is 1380 g/mol. The average Bonchev–Trinajstić information content (AvgIpc) is 1.48. The summed E-state index contributed by atoms with van der Waals surface area (Å²) in [4.78, 5) is 0. The van der Waals surface area contributed by atoms with Gasteiger partial charge in [0.2, 0.25) is 0 Å². The van der Waals surface area contributed by atoms with E-state index >= 15 is 0 Å². The third-order valence-electron chi connectivity index (χ3n) is 23.8. The van der Waals surface area contributed by atoms with Crippen molar-refractivity contribution in [3.63, 3.8) is 0 Å². The molecule has 13 aromatic carbocycles. The largest absolute Gasteiger partial charge is 0.134 e. The predicted molar refractivity (Wildman–Crippen MR) is 485 cm³/mol. The van der Waals surface area contributed by atoms with Crippen LogP contribution in [-0.4, -0.2) is 0 Å². The molecule has 0 atom stereocenters. The number of hydrogen-bond donors (Lipinski definition) is 0. The molecule has 0 saturated carbocycles. The van der Waals surface area contributed by atoms with Crippen molar-refractivity contribution in [2.24, 2.45) is 0 Å². The Morgan fingerprint density at radius 2 is 0.213 bits per heavy atom. The fraction of sp³-hybridized carbons (Fsp3) is 0.308. The van der Waals surface area contributed by atoms with E-state index in [1.807, 2.05) is 0 Å². The zero-order valence-electron chi connectivity index (χ0n) is 68.1. The molecule has 0 saturated heterocycles. The predicted octanol–water partition coefficient (Wildman–Crippen LogP) is 33.2. The molecule has 544 valence electrons. The summed E-state index contributed by atoms with van der Waals surface area (Å²) >= 11 is 8.27. The second kappa shape index (κ2) is 24.5. The van der Waals surface area contributed by atoms with Gasteiger partial charge in [0.25, 0.3) is 0 Å². The first-order chi connectivity index (χ1) is 50.6. The Morgan fingerprint density at radius 1 is 0.130 bits per heavy atom. The topological polar surface area (TPSA) is 0 Å². The maximum Gasteiger partial charge on any atom is 0.0447 e. The molecule has 0 spiro atoms. The highest BCUT2D eigenvalue weighted by Gasteiger charge is 2.38. The highest BCUT2D eigenvalue weighted by atomic mass is 32.1. The van der Waals surface area contributed by atoms with Gasteiger partial charge in [0, 0.05) is 125 Å².